The van der Waals surface area contributed by atoms with Crippen LogP contribution in [0.5, 0.6) is 0 Å². The van der Waals surface area contributed by atoms with Crippen molar-refractivity contribution in [1.29, 1.82) is 0 Å². The van der Waals surface area contributed by atoms with Gasteiger partial charge in [0.1, 0.15) is 18.0 Å². The normalized spacial score (nSPS) is 20.9. The number of aromatic nitrogens is 2. The van der Waals surface area contributed by atoms with E-state index >= 15 is 0 Å². The molecule has 1 fully saturated rings. The lowest BCUT2D eigenvalue weighted by molar-refractivity contribution is 0.446. The summed E-state index contributed by atoms with van der Waals surface area (Å²) in [4.78, 5) is 10.7. The second kappa shape index (κ2) is 5.12. The smallest absolute Gasteiger partial charge is 0.145 e. The lowest BCUT2D eigenvalue weighted by Crippen LogP contribution is -2.39. The molecule has 3 N–H and O–H groups in total. The van der Waals surface area contributed by atoms with Gasteiger partial charge in [0.25, 0.3) is 0 Å². The summed E-state index contributed by atoms with van der Waals surface area (Å²) in [7, 11) is 0. The summed E-state index contributed by atoms with van der Waals surface area (Å²) in [5.41, 5.74) is 2.56. The Morgan fingerprint density at radius 3 is 3.12 bits per heavy atom. The number of nitrogens with one attached hydrogen (secondary N) is 1. The highest BCUT2D eigenvalue weighted by molar-refractivity contribution is 5.48. The van der Waals surface area contributed by atoms with Crippen LogP contribution in [0.2, 0.25) is 0 Å². The molecule has 0 aliphatic carbocycles. The summed E-state index contributed by atoms with van der Waals surface area (Å²) in [6, 6.07) is 2.52. The molecule has 2 rings (SSSR count). The van der Waals surface area contributed by atoms with Gasteiger partial charge in [0, 0.05) is 18.7 Å². The molecule has 1 aliphatic rings. The Labute approximate surface area is 96.0 Å². The molecule has 1 aliphatic heterocycles. The maximum atomic E-state index is 5.36. The number of piperidine rings is 1. The van der Waals surface area contributed by atoms with Gasteiger partial charge >= 0.3 is 0 Å². The SMILES string of the molecule is CCC1CCCCN1c1cc(NN)ncn1. The zero-order valence-corrected chi connectivity index (χ0v) is 9.69. The quantitative estimate of drug-likeness (QED) is 0.598. The summed E-state index contributed by atoms with van der Waals surface area (Å²) in [6.45, 7) is 3.31. The molecule has 0 spiro atoms. The van der Waals surface area contributed by atoms with Gasteiger partial charge in [-0.3, -0.25) is 0 Å². The Hall–Kier alpha value is -1.36. The molecule has 0 saturated carbocycles. The first-order valence-corrected chi connectivity index (χ1v) is 5.90. The monoisotopic (exact) mass is 221 g/mol. The first kappa shape index (κ1) is 11.1. The minimum Gasteiger partial charge on any atom is -0.353 e. The minimum absolute atomic E-state index is 0.606. The van der Waals surface area contributed by atoms with Gasteiger partial charge in [-0.25, -0.2) is 15.8 Å². The third-order valence-corrected chi connectivity index (χ3v) is 3.19. The van der Waals surface area contributed by atoms with Crippen LogP contribution in [0.1, 0.15) is 32.6 Å². The van der Waals surface area contributed by atoms with Crippen molar-refractivity contribution in [2.45, 2.75) is 38.6 Å². The lowest BCUT2D eigenvalue weighted by Gasteiger charge is -2.36. The Morgan fingerprint density at radius 1 is 1.50 bits per heavy atom. The molecule has 1 atom stereocenters. The van der Waals surface area contributed by atoms with Crippen molar-refractivity contribution in [3.05, 3.63) is 12.4 Å². The minimum atomic E-state index is 0.606. The molecule has 88 valence electrons. The van der Waals surface area contributed by atoms with Crippen LogP contribution in [-0.4, -0.2) is 22.6 Å². The third kappa shape index (κ3) is 2.24. The molecule has 0 radical (unpaired) electrons. The summed E-state index contributed by atoms with van der Waals surface area (Å²) in [6.07, 6.45) is 6.54. The fourth-order valence-corrected chi connectivity index (χ4v) is 2.31. The molecule has 1 aromatic rings. The van der Waals surface area contributed by atoms with Gasteiger partial charge in [-0.15, -0.1) is 0 Å². The number of rotatable bonds is 3. The van der Waals surface area contributed by atoms with Crippen molar-refractivity contribution >= 4 is 11.6 Å². The van der Waals surface area contributed by atoms with Crippen molar-refractivity contribution < 1.29 is 0 Å². The predicted octanol–water partition coefficient (Wildman–Crippen LogP) is 1.53. The first-order chi connectivity index (χ1) is 7.85. The zero-order chi connectivity index (χ0) is 11.4. The molecule has 1 unspecified atom stereocenters. The zero-order valence-electron chi connectivity index (χ0n) is 9.69. The molecule has 0 amide bonds. The van der Waals surface area contributed by atoms with E-state index < -0.39 is 0 Å². The van der Waals surface area contributed by atoms with E-state index in [0.29, 0.717) is 11.9 Å². The van der Waals surface area contributed by atoms with Crippen molar-refractivity contribution in [2.75, 3.05) is 16.9 Å². The van der Waals surface area contributed by atoms with Crippen LogP contribution < -0.4 is 16.2 Å². The number of hydrogen-bond donors (Lipinski definition) is 2. The number of hydrogen-bond acceptors (Lipinski definition) is 5. The second-order valence-electron chi connectivity index (χ2n) is 4.16. The number of nitrogen functional groups attached to an aromatic ring is 1. The molecule has 5 heteroatoms. The highest BCUT2D eigenvalue weighted by atomic mass is 15.3. The molecular weight excluding hydrogens is 202 g/mol. The van der Waals surface area contributed by atoms with Gasteiger partial charge in [0.15, 0.2) is 0 Å². The van der Waals surface area contributed by atoms with Crippen LogP contribution in [0.15, 0.2) is 12.4 Å². The van der Waals surface area contributed by atoms with Crippen molar-refractivity contribution in [1.82, 2.24) is 9.97 Å². The first-order valence-electron chi connectivity index (χ1n) is 5.90. The maximum Gasteiger partial charge on any atom is 0.145 e. The molecule has 2 heterocycles. The van der Waals surface area contributed by atoms with Gasteiger partial charge in [-0.2, -0.15) is 0 Å². The molecule has 5 nitrogen and oxygen atoms in total. The van der Waals surface area contributed by atoms with Gasteiger partial charge in [0.2, 0.25) is 0 Å². The van der Waals surface area contributed by atoms with E-state index in [2.05, 4.69) is 27.2 Å². The summed E-state index contributed by atoms with van der Waals surface area (Å²) < 4.78 is 0. The number of anilines is 2. The van der Waals surface area contributed by atoms with Crippen LogP contribution >= 0.6 is 0 Å². The van der Waals surface area contributed by atoms with Crippen molar-refractivity contribution in [2.24, 2.45) is 5.84 Å². The number of nitrogens with two attached hydrogens (primary N) is 1. The molecule has 16 heavy (non-hydrogen) atoms. The summed E-state index contributed by atoms with van der Waals surface area (Å²) in [5, 5.41) is 0. The van der Waals surface area contributed by atoms with Crippen LogP contribution in [0.3, 0.4) is 0 Å². The molecular formula is C11H19N5. The fourth-order valence-electron chi connectivity index (χ4n) is 2.31. The summed E-state index contributed by atoms with van der Waals surface area (Å²) in [5.74, 6) is 7.01. The van der Waals surface area contributed by atoms with E-state index in [1.807, 2.05) is 6.07 Å². The highest BCUT2D eigenvalue weighted by Gasteiger charge is 2.22. The fraction of sp³-hybridized carbons (Fsp3) is 0.636. The van der Waals surface area contributed by atoms with E-state index in [0.717, 1.165) is 18.8 Å². The van der Waals surface area contributed by atoms with E-state index in [1.165, 1.54) is 19.3 Å². The van der Waals surface area contributed by atoms with Crippen LogP contribution in [0, 0.1) is 0 Å². The van der Waals surface area contributed by atoms with Gasteiger partial charge in [0.05, 0.1) is 0 Å². The van der Waals surface area contributed by atoms with Gasteiger partial charge in [-0.1, -0.05) is 6.92 Å². The van der Waals surface area contributed by atoms with Crippen LogP contribution in [0.25, 0.3) is 0 Å². The largest absolute Gasteiger partial charge is 0.353 e. The molecule has 0 aromatic carbocycles. The summed E-state index contributed by atoms with van der Waals surface area (Å²) >= 11 is 0. The van der Waals surface area contributed by atoms with E-state index in [4.69, 9.17) is 5.84 Å². The van der Waals surface area contributed by atoms with Gasteiger partial charge in [-0.05, 0) is 25.7 Å². The van der Waals surface area contributed by atoms with E-state index in [1.54, 1.807) is 6.33 Å². The highest BCUT2D eigenvalue weighted by Crippen LogP contribution is 2.25. The average molecular weight is 221 g/mol. The molecule has 1 aromatic heterocycles. The topological polar surface area (TPSA) is 67.1 Å². The Morgan fingerprint density at radius 2 is 2.38 bits per heavy atom. The van der Waals surface area contributed by atoms with Gasteiger partial charge < -0.3 is 10.3 Å². The molecule has 0 bridgehead atoms. The third-order valence-electron chi connectivity index (χ3n) is 3.19. The van der Waals surface area contributed by atoms with Crippen molar-refractivity contribution in [3.8, 4) is 0 Å². The van der Waals surface area contributed by atoms with E-state index in [9.17, 15) is 0 Å². The standard InChI is InChI=1S/C11H19N5/c1-2-9-5-3-4-6-16(9)11-7-10(15-12)13-8-14-11/h7-9H,2-6,12H2,1H3,(H,13,14,15). The maximum absolute atomic E-state index is 5.36. The number of hydrazine groups is 1. The van der Waals surface area contributed by atoms with Crippen molar-refractivity contribution in [3.63, 3.8) is 0 Å². The Balaban J connectivity index is 2.20. The lowest BCUT2D eigenvalue weighted by atomic mass is 10.0. The van der Waals surface area contributed by atoms with Crippen LogP contribution in [-0.2, 0) is 0 Å². The number of nitrogens with zero attached hydrogens (tertiary/aromatic N) is 3. The van der Waals surface area contributed by atoms with E-state index in [-0.39, 0.29) is 0 Å². The average Bonchev–Trinajstić information content (AvgIpc) is 2.38. The Bertz CT molecular complexity index is 341. The second-order valence-corrected chi connectivity index (χ2v) is 4.16. The Kier molecular flexibility index (Phi) is 3.56. The van der Waals surface area contributed by atoms with Crippen LogP contribution in [0.4, 0.5) is 11.6 Å². The predicted molar refractivity (Wildman–Crippen MR) is 65.1 cm³/mol. The molecule has 1 saturated heterocycles.